The van der Waals surface area contributed by atoms with Gasteiger partial charge in [-0.25, -0.2) is 4.98 Å². The van der Waals surface area contributed by atoms with Gasteiger partial charge in [0.2, 0.25) is 0 Å². The molecule has 7 nitrogen and oxygen atoms in total. The molecule has 0 bridgehead atoms. The molecule has 0 unspecified atom stereocenters. The molecule has 0 aliphatic rings. The van der Waals surface area contributed by atoms with E-state index in [2.05, 4.69) is 17.1 Å². The minimum Gasteiger partial charge on any atom is -0.493 e. The molecule has 0 aliphatic carbocycles. The summed E-state index contributed by atoms with van der Waals surface area (Å²) in [5.74, 6) is 1.90. The van der Waals surface area contributed by atoms with Crippen LogP contribution in [0.4, 0.5) is 0 Å². The Balaban J connectivity index is 1.43. The summed E-state index contributed by atoms with van der Waals surface area (Å²) in [6.45, 7) is 0.499. The number of thioether (sulfide) groups is 1. The van der Waals surface area contributed by atoms with Crippen LogP contribution in [0.3, 0.4) is 0 Å². The predicted octanol–water partition coefficient (Wildman–Crippen LogP) is 5.97. The summed E-state index contributed by atoms with van der Waals surface area (Å²) < 4.78 is 12.8. The Labute approximate surface area is 219 Å². The number of methoxy groups -OCH3 is 2. The molecule has 0 aliphatic heterocycles. The third-order valence-electron chi connectivity index (χ3n) is 6.30. The van der Waals surface area contributed by atoms with Crippen molar-refractivity contribution in [1.82, 2.24) is 14.5 Å². The maximum absolute atomic E-state index is 12.9. The zero-order valence-electron chi connectivity index (χ0n) is 20.8. The van der Waals surface area contributed by atoms with Gasteiger partial charge < -0.3 is 19.0 Å². The lowest BCUT2D eigenvalue weighted by Gasteiger charge is -2.16. The molecule has 0 atom stereocenters. The first-order valence-electron chi connectivity index (χ1n) is 12.1. The van der Waals surface area contributed by atoms with Crippen molar-refractivity contribution in [2.75, 3.05) is 14.2 Å². The highest BCUT2D eigenvalue weighted by atomic mass is 32.2. The van der Waals surface area contributed by atoms with Crippen molar-refractivity contribution in [2.24, 2.45) is 0 Å². The summed E-state index contributed by atoms with van der Waals surface area (Å²) in [5.41, 5.74) is 3.75. The number of ketones is 1. The number of rotatable bonds is 10. The molecule has 2 N–H and O–H groups in total. The lowest BCUT2D eigenvalue weighted by atomic mass is 10.1. The number of aromatic amines is 1. The van der Waals surface area contributed by atoms with Crippen LogP contribution in [0.5, 0.6) is 11.5 Å². The first-order chi connectivity index (χ1) is 18.1. The number of hydrogen-bond acceptors (Lipinski definition) is 6. The van der Waals surface area contributed by atoms with Crippen LogP contribution in [0.2, 0.25) is 0 Å². The Kier molecular flexibility index (Phi) is 7.28. The number of nitrogens with one attached hydrogen (secondary N) is 2. The van der Waals surface area contributed by atoms with Crippen LogP contribution in [0.15, 0.2) is 78.0 Å². The number of nitrogens with zero attached hydrogens (tertiary/aromatic N) is 2. The normalized spacial score (nSPS) is 11.2. The highest BCUT2D eigenvalue weighted by molar-refractivity contribution is 7.98. The number of H-pyrrole nitrogens is 1. The predicted molar refractivity (Wildman–Crippen MR) is 147 cm³/mol. The highest BCUT2D eigenvalue weighted by Crippen LogP contribution is 2.31. The van der Waals surface area contributed by atoms with Crippen molar-refractivity contribution in [3.63, 3.8) is 0 Å². The largest absolute Gasteiger partial charge is 0.493 e. The molecule has 0 saturated heterocycles. The van der Waals surface area contributed by atoms with E-state index >= 15 is 0 Å². The molecule has 0 amide bonds. The van der Waals surface area contributed by atoms with Gasteiger partial charge >= 0.3 is 0 Å². The molecule has 8 heteroatoms. The highest BCUT2D eigenvalue weighted by Gasteiger charge is 2.15. The molecule has 0 saturated carbocycles. The first kappa shape index (κ1) is 24.6. The van der Waals surface area contributed by atoms with Crippen LogP contribution in [0.25, 0.3) is 21.8 Å². The number of carbonyl (C=O) groups excluding carboxylic acids is 1. The van der Waals surface area contributed by atoms with E-state index in [4.69, 9.17) is 19.9 Å². The second-order valence-electron chi connectivity index (χ2n) is 8.69. The number of hydrogen-bond donors (Lipinski definition) is 2. The molecule has 0 radical (unpaired) electrons. The van der Waals surface area contributed by atoms with Gasteiger partial charge in [0.1, 0.15) is 5.49 Å². The second-order valence-corrected chi connectivity index (χ2v) is 9.63. The van der Waals surface area contributed by atoms with Crippen molar-refractivity contribution in [3.8, 4) is 11.5 Å². The maximum Gasteiger partial charge on any atom is 0.179 e. The monoisotopic (exact) mass is 512 g/mol. The van der Waals surface area contributed by atoms with E-state index in [0.29, 0.717) is 53.0 Å². The first-order valence-corrected chi connectivity index (χ1v) is 13.0. The zero-order valence-corrected chi connectivity index (χ0v) is 21.6. The molecular weight excluding hydrogens is 484 g/mol. The van der Waals surface area contributed by atoms with Crippen molar-refractivity contribution >= 4 is 39.4 Å². The van der Waals surface area contributed by atoms with E-state index < -0.39 is 0 Å². The van der Waals surface area contributed by atoms with Crippen LogP contribution >= 0.6 is 11.8 Å². The van der Waals surface area contributed by atoms with Gasteiger partial charge in [-0.2, -0.15) is 0 Å². The molecular formula is C29H28N4O3S. The molecule has 3 aromatic carbocycles. The molecule has 188 valence electrons. The van der Waals surface area contributed by atoms with Crippen molar-refractivity contribution in [1.29, 1.82) is 5.41 Å². The van der Waals surface area contributed by atoms with Crippen molar-refractivity contribution < 1.29 is 14.3 Å². The SMILES string of the molecule is COc1cc2nc(SCc3ccccc3)n(CCCC(=O)c3cc4ccccc4[nH]3)c(=N)c2cc1OC. The molecule has 5 aromatic rings. The van der Waals surface area contributed by atoms with Gasteiger partial charge in [-0.05, 0) is 30.2 Å². The van der Waals surface area contributed by atoms with Gasteiger partial charge in [0.15, 0.2) is 22.4 Å². The van der Waals surface area contributed by atoms with Gasteiger partial charge in [0, 0.05) is 41.1 Å². The second kappa shape index (κ2) is 10.9. The van der Waals surface area contributed by atoms with Crippen LogP contribution in [-0.2, 0) is 12.3 Å². The average molecular weight is 513 g/mol. The average Bonchev–Trinajstić information content (AvgIpc) is 3.37. The molecule has 2 aromatic heterocycles. The van der Waals surface area contributed by atoms with E-state index in [-0.39, 0.29) is 5.78 Å². The van der Waals surface area contributed by atoms with Crippen molar-refractivity contribution in [3.05, 3.63) is 89.5 Å². The molecule has 0 fully saturated rings. The van der Waals surface area contributed by atoms with E-state index in [1.54, 1.807) is 32.0 Å². The summed E-state index contributed by atoms with van der Waals surface area (Å²) in [6, 6.07) is 23.5. The summed E-state index contributed by atoms with van der Waals surface area (Å²) in [7, 11) is 3.16. The fraction of sp³-hybridized carbons (Fsp3) is 0.207. The van der Waals surface area contributed by atoms with Crippen LogP contribution in [0, 0.1) is 5.41 Å². The Morgan fingerprint density at radius 3 is 2.49 bits per heavy atom. The van der Waals surface area contributed by atoms with E-state index in [0.717, 1.165) is 21.8 Å². The number of fused-ring (bicyclic) bond motifs is 2. The van der Waals surface area contributed by atoms with Gasteiger partial charge in [0.25, 0.3) is 0 Å². The van der Waals surface area contributed by atoms with Crippen LogP contribution < -0.4 is 15.0 Å². The summed E-state index contributed by atoms with van der Waals surface area (Å²) in [4.78, 5) is 21.0. The van der Waals surface area contributed by atoms with Gasteiger partial charge in [0.05, 0.1) is 25.4 Å². The van der Waals surface area contributed by atoms with E-state index in [9.17, 15) is 4.79 Å². The lowest BCUT2D eigenvalue weighted by molar-refractivity contribution is 0.0974. The quantitative estimate of drug-likeness (QED) is 0.137. The Morgan fingerprint density at radius 1 is 1.00 bits per heavy atom. The Hall–Kier alpha value is -4.04. The fourth-order valence-corrected chi connectivity index (χ4v) is 5.34. The number of Topliss-reactive ketones (excluding diaryl/α,β-unsaturated/α-hetero) is 1. The number of carbonyl (C=O) groups is 1. The molecule has 37 heavy (non-hydrogen) atoms. The Morgan fingerprint density at radius 2 is 1.73 bits per heavy atom. The topological polar surface area (TPSA) is 93.0 Å². The minimum atomic E-state index is 0.0574. The molecule has 2 heterocycles. The molecule has 5 rings (SSSR count). The van der Waals surface area contributed by atoms with Crippen LogP contribution in [-0.4, -0.2) is 34.5 Å². The third-order valence-corrected chi connectivity index (χ3v) is 7.35. The summed E-state index contributed by atoms with van der Waals surface area (Å²) in [5, 5.41) is 11.4. The number of aromatic nitrogens is 3. The number of ether oxygens (including phenoxy) is 2. The minimum absolute atomic E-state index is 0.0574. The maximum atomic E-state index is 12.9. The zero-order chi connectivity index (χ0) is 25.8. The number of para-hydroxylation sites is 1. The number of benzene rings is 3. The van der Waals surface area contributed by atoms with Gasteiger partial charge in [-0.15, -0.1) is 0 Å². The molecule has 0 spiro atoms. The lowest BCUT2D eigenvalue weighted by Crippen LogP contribution is -2.24. The smallest absolute Gasteiger partial charge is 0.179 e. The van der Waals surface area contributed by atoms with Gasteiger partial charge in [-0.3, -0.25) is 10.2 Å². The summed E-state index contributed by atoms with van der Waals surface area (Å²) in [6.07, 6.45) is 0.955. The van der Waals surface area contributed by atoms with E-state index in [1.165, 1.54) is 5.56 Å². The summed E-state index contributed by atoms with van der Waals surface area (Å²) >= 11 is 1.58. The standard InChI is InChI=1S/C29H28N4O3S/c1-35-26-16-21-23(17-27(26)36-2)32-29(37-18-19-9-4-3-5-10-19)33(28(21)30)14-8-13-25(34)24-15-20-11-6-7-12-22(20)31-24/h3-7,9-12,15-17,30-31H,8,13-14,18H2,1-2H3. The van der Waals surface area contributed by atoms with E-state index in [1.807, 2.05) is 59.2 Å². The van der Waals surface area contributed by atoms with Crippen LogP contribution in [0.1, 0.15) is 28.9 Å². The van der Waals surface area contributed by atoms with Gasteiger partial charge in [-0.1, -0.05) is 60.3 Å². The Bertz CT molecular complexity index is 1590. The third kappa shape index (κ3) is 5.24. The fourth-order valence-electron chi connectivity index (χ4n) is 4.35. The van der Waals surface area contributed by atoms with Crippen molar-refractivity contribution in [2.45, 2.75) is 30.3 Å².